The van der Waals surface area contributed by atoms with Crippen LogP contribution in [0.5, 0.6) is 0 Å². The fourth-order valence-electron chi connectivity index (χ4n) is 1.63. The Morgan fingerprint density at radius 3 is 2.38 bits per heavy atom. The lowest BCUT2D eigenvalue weighted by Crippen LogP contribution is -2.39. The lowest BCUT2D eigenvalue weighted by atomic mass is 10.4. The monoisotopic (exact) mass is 263 g/mol. The summed E-state index contributed by atoms with van der Waals surface area (Å²) in [5, 5.41) is 0. The van der Waals surface area contributed by atoms with Crippen LogP contribution < -0.4 is 5.73 Å². The number of amides is 1. The summed E-state index contributed by atoms with van der Waals surface area (Å²) in [5.41, 5.74) is 5.11. The molecule has 0 fully saturated rings. The predicted molar refractivity (Wildman–Crippen MR) is 71.8 cm³/mol. The van der Waals surface area contributed by atoms with Crippen molar-refractivity contribution in [3.05, 3.63) is 12.4 Å². The van der Waals surface area contributed by atoms with Crippen LogP contribution in [0.3, 0.4) is 0 Å². The van der Waals surface area contributed by atoms with Gasteiger partial charge in [-0.1, -0.05) is 19.6 Å². The van der Waals surface area contributed by atoms with Crippen molar-refractivity contribution in [2.45, 2.75) is 26.1 Å². The van der Waals surface area contributed by atoms with Gasteiger partial charge in [0, 0.05) is 31.5 Å². The zero-order valence-electron chi connectivity index (χ0n) is 10.3. The molecule has 1 aliphatic rings. The number of hydrogen-bond acceptors (Lipinski definition) is 3. The van der Waals surface area contributed by atoms with Gasteiger partial charge in [0.15, 0.2) is 0 Å². The van der Waals surface area contributed by atoms with Gasteiger partial charge in [-0.15, -0.1) is 12.4 Å². The van der Waals surface area contributed by atoms with Gasteiger partial charge < -0.3 is 15.5 Å². The van der Waals surface area contributed by atoms with Gasteiger partial charge in [-0.25, -0.2) is 0 Å². The maximum absolute atomic E-state index is 10.6. The van der Waals surface area contributed by atoms with Crippen LogP contribution >= 0.6 is 12.4 Å². The Balaban J connectivity index is 0.00000225. The second-order valence-electron chi connectivity index (χ2n) is 5.28. The quantitative estimate of drug-likeness (QED) is 0.759. The Labute approximate surface area is 105 Å². The van der Waals surface area contributed by atoms with Gasteiger partial charge in [0.05, 0.1) is 14.7 Å². The largest absolute Gasteiger partial charge is 0.370 e. The molecule has 0 saturated carbocycles. The third-order valence-corrected chi connectivity index (χ3v) is 3.53. The van der Waals surface area contributed by atoms with Crippen molar-refractivity contribution in [1.82, 2.24) is 9.80 Å². The number of halogens is 1. The molecular formula is C10H22ClN3OSi. The van der Waals surface area contributed by atoms with Crippen LogP contribution in [-0.2, 0) is 4.79 Å². The van der Waals surface area contributed by atoms with Crippen LogP contribution in [0.1, 0.15) is 6.42 Å². The average molecular weight is 264 g/mol. The zero-order chi connectivity index (χ0) is 11.5. The van der Waals surface area contributed by atoms with Crippen molar-refractivity contribution in [2.24, 2.45) is 5.73 Å². The molecule has 94 valence electrons. The Morgan fingerprint density at radius 1 is 1.31 bits per heavy atom. The first kappa shape index (κ1) is 15.3. The molecule has 0 bridgehead atoms. The van der Waals surface area contributed by atoms with Crippen molar-refractivity contribution in [3.63, 3.8) is 0 Å². The summed E-state index contributed by atoms with van der Waals surface area (Å²) in [6, 6.07) is 0. The molecule has 0 aromatic rings. The van der Waals surface area contributed by atoms with Crippen LogP contribution in [0.4, 0.5) is 0 Å². The highest BCUT2D eigenvalue weighted by molar-refractivity contribution is 6.76. The molecule has 0 saturated heterocycles. The highest BCUT2D eigenvalue weighted by Gasteiger charge is 2.20. The fraction of sp³-hybridized carbons (Fsp3) is 0.700. The number of primary amides is 1. The number of carbonyl (C=O) groups excluding carboxylic acids is 1. The summed E-state index contributed by atoms with van der Waals surface area (Å²) in [6.45, 7) is 8.69. The van der Waals surface area contributed by atoms with Crippen molar-refractivity contribution in [1.29, 1.82) is 0 Å². The lowest BCUT2D eigenvalue weighted by Gasteiger charge is -2.26. The molecule has 16 heavy (non-hydrogen) atoms. The van der Waals surface area contributed by atoms with E-state index in [0.717, 1.165) is 19.4 Å². The molecular weight excluding hydrogens is 242 g/mol. The SMILES string of the molecule is C[Si](C)(C)CN1C=CN(CCC(N)=O)C1.Cl. The molecule has 0 unspecified atom stereocenters. The van der Waals surface area contributed by atoms with Gasteiger partial charge in [0.2, 0.25) is 5.91 Å². The van der Waals surface area contributed by atoms with Crippen molar-refractivity contribution >= 4 is 26.4 Å². The molecule has 1 aliphatic heterocycles. The number of rotatable bonds is 5. The Morgan fingerprint density at radius 2 is 1.88 bits per heavy atom. The molecule has 0 spiro atoms. The standard InChI is InChI=1S/C10H21N3OSi.ClH/c1-15(2,3)9-13-7-6-12(8-13)5-4-10(11)14;/h6-7H,4-5,8-9H2,1-3H3,(H2,11,14);1H. The van der Waals surface area contributed by atoms with Crippen LogP contribution in [0.2, 0.25) is 19.6 Å². The summed E-state index contributed by atoms with van der Waals surface area (Å²) in [5.74, 6) is -0.230. The summed E-state index contributed by atoms with van der Waals surface area (Å²) >= 11 is 0. The van der Waals surface area contributed by atoms with E-state index in [1.165, 1.54) is 0 Å². The third kappa shape index (κ3) is 6.02. The molecule has 0 aromatic heterocycles. The molecule has 1 rings (SSSR count). The molecule has 0 aromatic carbocycles. The first-order valence-electron chi connectivity index (χ1n) is 5.31. The van der Waals surface area contributed by atoms with E-state index in [4.69, 9.17) is 5.73 Å². The minimum absolute atomic E-state index is 0. The normalized spacial score (nSPS) is 15.2. The van der Waals surface area contributed by atoms with E-state index in [1.807, 2.05) is 6.20 Å². The minimum Gasteiger partial charge on any atom is -0.370 e. The van der Waals surface area contributed by atoms with E-state index >= 15 is 0 Å². The van der Waals surface area contributed by atoms with Crippen molar-refractivity contribution in [2.75, 3.05) is 19.4 Å². The number of nitrogens with two attached hydrogens (primary N) is 1. The highest BCUT2D eigenvalue weighted by Crippen LogP contribution is 2.11. The van der Waals surface area contributed by atoms with E-state index < -0.39 is 8.07 Å². The fourth-order valence-corrected chi connectivity index (χ4v) is 3.05. The third-order valence-electron chi connectivity index (χ3n) is 2.17. The van der Waals surface area contributed by atoms with Gasteiger partial charge in [0.25, 0.3) is 0 Å². The van der Waals surface area contributed by atoms with Gasteiger partial charge in [-0.3, -0.25) is 4.79 Å². The van der Waals surface area contributed by atoms with E-state index in [2.05, 4.69) is 35.6 Å². The predicted octanol–water partition coefficient (Wildman–Crippen LogP) is 1.21. The molecule has 6 heteroatoms. The summed E-state index contributed by atoms with van der Waals surface area (Å²) in [4.78, 5) is 15.1. The van der Waals surface area contributed by atoms with Crippen LogP contribution in [0, 0.1) is 0 Å². The molecule has 1 heterocycles. The topological polar surface area (TPSA) is 49.6 Å². The Kier molecular flexibility index (Phi) is 5.89. The van der Waals surface area contributed by atoms with Crippen molar-refractivity contribution < 1.29 is 4.79 Å². The van der Waals surface area contributed by atoms with Crippen LogP contribution in [0.15, 0.2) is 12.4 Å². The molecule has 0 atom stereocenters. The number of hydrogen-bond donors (Lipinski definition) is 1. The van der Waals surface area contributed by atoms with E-state index in [0.29, 0.717) is 6.42 Å². The zero-order valence-corrected chi connectivity index (χ0v) is 12.1. The van der Waals surface area contributed by atoms with Crippen LogP contribution in [0.25, 0.3) is 0 Å². The first-order chi connectivity index (χ1) is 6.87. The Bertz CT molecular complexity index is 265. The van der Waals surface area contributed by atoms with Crippen molar-refractivity contribution in [3.8, 4) is 0 Å². The second kappa shape index (κ2) is 6.15. The Hall–Kier alpha value is -0.683. The van der Waals surface area contributed by atoms with Gasteiger partial charge in [-0.2, -0.15) is 0 Å². The molecule has 4 nitrogen and oxygen atoms in total. The number of carbonyl (C=O) groups is 1. The van der Waals surface area contributed by atoms with E-state index in [9.17, 15) is 4.79 Å². The molecule has 2 N–H and O–H groups in total. The lowest BCUT2D eigenvalue weighted by molar-refractivity contribution is -0.118. The highest BCUT2D eigenvalue weighted by atomic mass is 35.5. The second-order valence-corrected chi connectivity index (χ2v) is 10.7. The van der Waals surface area contributed by atoms with E-state index in [-0.39, 0.29) is 18.3 Å². The first-order valence-corrected chi connectivity index (χ1v) is 9.02. The maximum atomic E-state index is 10.6. The smallest absolute Gasteiger partial charge is 0.219 e. The molecule has 1 amide bonds. The van der Waals surface area contributed by atoms with Gasteiger partial charge in [-0.05, 0) is 0 Å². The summed E-state index contributed by atoms with van der Waals surface area (Å²) < 4.78 is 0. The van der Waals surface area contributed by atoms with Crippen LogP contribution in [-0.4, -0.2) is 43.2 Å². The minimum atomic E-state index is -1.04. The summed E-state index contributed by atoms with van der Waals surface area (Å²) in [7, 11) is -1.04. The van der Waals surface area contributed by atoms with E-state index in [1.54, 1.807) is 0 Å². The molecule has 0 radical (unpaired) electrons. The molecule has 0 aliphatic carbocycles. The average Bonchev–Trinajstić information content (AvgIpc) is 2.45. The number of nitrogens with zero attached hydrogens (tertiary/aromatic N) is 2. The van der Waals surface area contributed by atoms with Gasteiger partial charge >= 0.3 is 0 Å². The van der Waals surface area contributed by atoms with Gasteiger partial charge in [0.1, 0.15) is 0 Å². The summed E-state index contributed by atoms with van der Waals surface area (Å²) in [6.07, 6.45) is 5.75. The maximum Gasteiger partial charge on any atom is 0.219 e.